The number of ether oxygens (including phenoxy) is 2. The fraction of sp³-hybridized carbons (Fsp3) is 0.107. The van der Waals surface area contributed by atoms with Crippen molar-refractivity contribution in [3.05, 3.63) is 98.6 Å². The predicted octanol–water partition coefficient (Wildman–Crippen LogP) is 4.46. The molecule has 0 amide bonds. The van der Waals surface area contributed by atoms with Crippen LogP contribution >= 0.6 is 0 Å². The summed E-state index contributed by atoms with van der Waals surface area (Å²) in [5, 5.41) is 11.4. The topological polar surface area (TPSA) is 119 Å². The Balaban J connectivity index is 1.62. The van der Waals surface area contributed by atoms with Crippen molar-refractivity contribution in [2.75, 3.05) is 7.11 Å². The van der Waals surface area contributed by atoms with Crippen LogP contribution in [0, 0.1) is 0 Å². The number of aromatic nitrogens is 1. The lowest BCUT2D eigenvalue weighted by Crippen LogP contribution is -2.26. The highest BCUT2D eigenvalue weighted by molar-refractivity contribution is 5.94. The molecule has 1 aliphatic rings. The molecular formula is C28H19NO7. The van der Waals surface area contributed by atoms with Crippen LogP contribution in [0.5, 0.6) is 17.2 Å². The van der Waals surface area contributed by atoms with Gasteiger partial charge in [0.25, 0.3) is 5.56 Å². The molecule has 3 aromatic carbocycles. The van der Waals surface area contributed by atoms with Gasteiger partial charge in [0.2, 0.25) is 5.43 Å². The van der Waals surface area contributed by atoms with E-state index in [1.807, 2.05) is 6.07 Å². The van der Waals surface area contributed by atoms with Crippen LogP contribution in [0.1, 0.15) is 23.5 Å². The molecule has 0 unspecified atom stereocenters. The molecule has 8 heteroatoms. The average molecular weight is 481 g/mol. The number of pyridine rings is 1. The molecule has 6 rings (SSSR count). The Bertz CT molecular complexity index is 1800. The van der Waals surface area contributed by atoms with E-state index in [-0.39, 0.29) is 40.0 Å². The van der Waals surface area contributed by atoms with Gasteiger partial charge in [-0.15, -0.1) is 0 Å². The summed E-state index contributed by atoms with van der Waals surface area (Å²) in [4.78, 5) is 41.9. The van der Waals surface area contributed by atoms with Gasteiger partial charge in [-0.2, -0.15) is 0 Å². The van der Waals surface area contributed by atoms with Crippen molar-refractivity contribution in [1.29, 1.82) is 0 Å². The highest BCUT2D eigenvalue weighted by Crippen LogP contribution is 2.45. The first kappa shape index (κ1) is 21.7. The zero-order chi connectivity index (χ0) is 25.0. The third-order valence-electron chi connectivity index (χ3n) is 6.51. The fourth-order valence-corrected chi connectivity index (χ4v) is 4.80. The van der Waals surface area contributed by atoms with Crippen LogP contribution < -0.4 is 20.5 Å². The van der Waals surface area contributed by atoms with E-state index < -0.39 is 17.3 Å². The quantitative estimate of drug-likeness (QED) is 0.289. The van der Waals surface area contributed by atoms with Crippen molar-refractivity contribution in [3.8, 4) is 28.4 Å². The molecular weight excluding hydrogens is 462 g/mol. The molecule has 2 aromatic heterocycles. The number of esters is 1. The molecule has 0 bridgehead atoms. The monoisotopic (exact) mass is 481 g/mol. The smallest absolute Gasteiger partial charge is 0.312 e. The van der Waals surface area contributed by atoms with Crippen molar-refractivity contribution in [1.82, 2.24) is 4.98 Å². The summed E-state index contributed by atoms with van der Waals surface area (Å²) in [6, 6.07) is 17.1. The maximum absolute atomic E-state index is 13.4. The number of carbonyl (C=O) groups excluding carboxylic acids is 1. The summed E-state index contributed by atoms with van der Waals surface area (Å²) in [6.45, 7) is 0. The third-order valence-corrected chi connectivity index (χ3v) is 6.51. The second-order valence-electron chi connectivity index (χ2n) is 8.59. The van der Waals surface area contributed by atoms with E-state index in [1.54, 1.807) is 55.6 Å². The molecule has 1 aliphatic heterocycles. The van der Waals surface area contributed by atoms with E-state index >= 15 is 0 Å². The second-order valence-corrected chi connectivity index (χ2v) is 8.59. The van der Waals surface area contributed by atoms with Crippen molar-refractivity contribution in [3.63, 3.8) is 0 Å². The lowest BCUT2D eigenvalue weighted by molar-refractivity contribution is -0.135. The van der Waals surface area contributed by atoms with Crippen molar-refractivity contribution < 1.29 is 23.8 Å². The minimum Gasteiger partial charge on any atom is -0.507 e. The molecule has 0 saturated heterocycles. The van der Waals surface area contributed by atoms with Gasteiger partial charge in [-0.25, -0.2) is 0 Å². The number of phenolic OH excluding ortho intramolecular Hbond substituents is 1. The van der Waals surface area contributed by atoms with Crippen molar-refractivity contribution in [2.24, 2.45) is 0 Å². The molecule has 36 heavy (non-hydrogen) atoms. The normalized spacial score (nSPS) is 15.0. The molecule has 0 fully saturated rings. The Hall–Kier alpha value is -4.85. The average Bonchev–Trinajstić information content (AvgIpc) is 2.88. The van der Waals surface area contributed by atoms with Gasteiger partial charge in [0.15, 0.2) is 0 Å². The Morgan fingerprint density at radius 2 is 1.83 bits per heavy atom. The largest absolute Gasteiger partial charge is 0.507 e. The van der Waals surface area contributed by atoms with Crippen LogP contribution in [0.3, 0.4) is 0 Å². The minimum absolute atomic E-state index is 0.0435. The van der Waals surface area contributed by atoms with E-state index in [1.165, 1.54) is 12.3 Å². The van der Waals surface area contributed by atoms with Crippen LogP contribution in [0.15, 0.2) is 80.9 Å². The Kier molecular flexibility index (Phi) is 4.89. The highest BCUT2D eigenvalue weighted by Gasteiger charge is 2.35. The summed E-state index contributed by atoms with van der Waals surface area (Å²) >= 11 is 0. The number of aromatic amines is 1. The number of fused-ring (bicyclic) bond motifs is 4. The first-order chi connectivity index (χ1) is 17.4. The Labute approximate surface area is 203 Å². The van der Waals surface area contributed by atoms with Gasteiger partial charge in [0.1, 0.15) is 34.5 Å². The van der Waals surface area contributed by atoms with Crippen molar-refractivity contribution in [2.45, 2.75) is 12.3 Å². The highest BCUT2D eigenvalue weighted by atomic mass is 16.5. The lowest BCUT2D eigenvalue weighted by atomic mass is 9.85. The number of H-pyrrole nitrogens is 1. The molecule has 178 valence electrons. The molecule has 2 N–H and O–H groups in total. The molecule has 0 aliphatic carbocycles. The van der Waals surface area contributed by atoms with E-state index in [4.69, 9.17) is 13.9 Å². The van der Waals surface area contributed by atoms with Gasteiger partial charge >= 0.3 is 5.97 Å². The molecule has 5 aromatic rings. The minimum atomic E-state index is -0.769. The van der Waals surface area contributed by atoms with Gasteiger partial charge in [-0.3, -0.25) is 14.4 Å². The zero-order valence-electron chi connectivity index (χ0n) is 19.0. The first-order valence-electron chi connectivity index (χ1n) is 11.2. The van der Waals surface area contributed by atoms with Crippen LogP contribution in [0.25, 0.3) is 33.0 Å². The van der Waals surface area contributed by atoms with Gasteiger partial charge in [0.05, 0.1) is 19.1 Å². The Morgan fingerprint density at radius 3 is 2.61 bits per heavy atom. The zero-order valence-corrected chi connectivity index (χ0v) is 19.0. The molecule has 0 radical (unpaired) electrons. The van der Waals surface area contributed by atoms with Gasteiger partial charge in [-0.05, 0) is 29.8 Å². The van der Waals surface area contributed by atoms with Crippen LogP contribution in [0.2, 0.25) is 0 Å². The maximum Gasteiger partial charge on any atom is 0.312 e. The van der Waals surface area contributed by atoms with Gasteiger partial charge in [0, 0.05) is 34.0 Å². The third kappa shape index (κ3) is 3.34. The lowest BCUT2D eigenvalue weighted by Gasteiger charge is -2.25. The van der Waals surface area contributed by atoms with E-state index in [2.05, 4.69) is 4.98 Å². The number of aromatic hydroxyl groups is 1. The number of rotatable bonds is 3. The first-order valence-corrected chi connectivity index (χ1v) is 11.2. The number of carbonyl (C=O) groups is 1. The SMILES string of the molecule is COc1ccc2[nH]c(=O)c([C@H]3CC(=O)Oc4cc(O)c5c(=O)c(-c6ccccc6)coc5c43)cc2c1. The number of phenols is 1. The predicted molar refractivity (Wildman–Crippen MR) is 133 cm³/mol. The number of nitrogens with one attached hydrogen (secondary N) is 1. The summed E-state index contributed by atoms with van der Waals surface area (Å²) in [5.74, 6) is -1.06. The number of hydrogen-bond acceptors (Lipinski definition) is 7. The van der Waals surface area contributed by atoms with Crippen molar-refractivity contribution >= 4 is 27.8 Å². The molecule has 0 spiro atoms. The van der Waals surface area contributed by atoms with Gasteiger partial charge in [-0.1, -0.05) is 30.3 Å². The fourth-order valence-electron chi connectivity index (χ4n) is 4.80. The van der Waals surface area contributed by atoms with E-state index in [9.17, 15) is 19.5 Å². The molecule has 3 heterocycles. The number of benzene rings is 3. The van der Waals surface area contributed by atoms with Crippen LogP contribution in [-0.4, -0.2) is 23.2 Å². The van der Waals surface area contributed by atoms with Gasteiger partial charge < -0.3 is 24.0 Å². The van der Waals surface area contributed by atoms with Crippen LogP contribution in [0.4, 0.5) is 0 Å². The molecule has 8 nitrogen and oxygen atoms in total. The standard InChI is InChI=1S/C28H19NO7/c1-34-16-7-8-20-15(9-16)10-18(28(33)29-20)17-11-23(31)36-22-12-21(30)25-26(32)19(13-35-27(25)24(17)22)14-5-3-2-4-6-14/h2-10,12-13,17,30H,11H2,1H3,(H,29,33)/t17-/m1/s1. The maximum atomic E-state index is 13.4. The van der Waals surface area contributed by atoms with E-state index in [0.29, 0.717) is 33.3 Å². The van der Waals surface area contributed by atoms with Crippen LogP contribution in [-0.2, 0) is 4.79 Å². The Morgan fingerprint density at radius 1 is 1.03 bits per heavy atom. The van der Waals surface area contributed by atoms with E-state index in [0.717, 1.165) is 0 Å². The summed E-state index contributed by atoms with van der Waals surface area (Å²) in [6.07, 6.45) is 1.18. The molecule has 1 atom stereocenters. The summed E-state index contributed by atoms with van der Waals surface area (Å²) in [5.41, 5.74) is 1.42. The molecule has 0 saturated carbocycles. The summed E-state index contributed by atoms with van der Waals surface area (Å²) in [7, 11) is 1.55. The summed E-state index contributed by atoms with van der Waals surface area (Å²) < 4.78 is 16.6. The number of hydrogen-bond donors (Lipinski definition) is 2. The number of methoxy groups -OCH3 is 1. The second kappa shape index (κ2) is 8.13.